The van der Waals surface area contributed by atoms with Crippen LogP contribution >= 0.6 is 15.9 Å². The van der Waals surface area contributed by atoms with Gasteiger partial charge in [-0.05, 0) is 41.8 Å². The summed E-state index contributed by atoms with van der Waals surface area (Å²) in [6, 6.07) is 21.3. The van der Waals surface area contributed by atoms with E-state index in [1.54, 1.807) is 49.6 Å². The number of ether oxygens (including phenoxy) is 2. The molecular formula is C28H26BrNO5. The van der Waals surface area contributed by atoms with Crippen LogP contribution in [0.2, 0.25) is 0 Å². The highest BCUT2D eigenvalue weighted by atomic mass is 79.9. The molecule has 0 bridgehead atoms. The van der Waals surface area contributed by atoms with Gasteiger partial charge in [-0.25, -0.2) is 0 Å². The summed E-state index contributed by atoms with van der Waals surface area (Å²) in [4.78, 5) is 27.5. The van der Waals surface area contributed by atoms with Gasteiger partial charge in [0.1, 0.15) is 12.4 Å². The summed E-state index contributed by atoms with van der Waals surface area (Å²) in [6.07, 6.45) is 0.664. The highest BCUT2D eigenvalue weighted by Gasteiger charge is 2.45. The van der Waals surface area contributed by atoms with Crippen LogP contribution in [0.25, 0.3) is 5.76 Å². The standard InChI is InChI=1S/C28H26BrNO5/c1-3-15-30-25(24(27(32)28(30)33)26(31)19-9-12-21(29)13-10-19)20-11-14-22(23(16-20)34-2)35-17-18-7-5-4-6-8-18/h4-14,16,25,31H,3,15,17H2,1-2H3/b26-24-. The number of hydrogen-bond donors (Lipinski definition) is 1. The van der Waals surface area contributed by atoms with Crippen molar-refractivity contribution in [3.63, 3.8) is 0 Å². The normalized spacial score (nSPS) is 17.0. The first-order valence-electron chi connectivity index (χ1n) is 11.3. The van der Waals surface area contributed by atoms with Gasteiger partial charge in [0.15, 0.2) is 11.5 Å². The van der Waals surface area contributed by atoms with E-state index >= 15 is 0 Å². The van der Waals surface area contributed by atoms with Gasteiger partial charge in [0.25, 0.3) is 11.7 Å². The molecule has 0 spiro atoms. The van der Waals surface area contributed by atoms with Crippen molar-refractivity contribution in [1.29, 1.82) is 0 Å². The Labute approximate surface area is 212 Å². The van der Waals surface area contributed by atoms with Crippen LogP contribution in [-0.4, -0.2) is 35.4 Å². The van der Waals surface area contributed by atoms with Crippen LogP contribution in [0.1, 0.15) is 36.1 Å². The van der Waals surface area contributed by atoms with Gasteiger partial charge in [0.05, 0.1) is 18.7 Å². The number of carbonyl (C=O) groups excluding carboxylic acids is 2. The lowest BCUT2D eigenvalue weighted by Crippen LogP contribution is -2.30. The minimum absolute atomic E-state index is 0.0609. The van der Waals surface area contributed by atoms with Gasteiger partial charge in [0, 0.05) is 16.6 Å². The highest BCUT2D eigenvalue weighted by Crippen LogP contribution is 2.42. The number of aliphatic hydroxyl groups is 1. The molecular weight excluding hydrogens is 510 g/mol. The zero-order valence-electron chi connectivity index (χ0n) is 19.5. The third-order valence-electron chi connectivity index (χ3n) is 5.86. The number of hydrogen-bond acceptors (Lipinski definition) is 5. The second-order valence-corrected chi connectivity index (χ2v) is 9.10. The minimum Gasteiger partial charge on any atom is -0.507 e. The fourth-order valence-corrected chi connectivity index (χ4v) is 4.43. The predicted molar refractivity (Wildman–Crippen MR) is 137 cm³/mol. The number of ketones is 1. The Kier molecular flexibility index (Phi) is 7.56. The van der Waals surface area contributed by atoms with E-state index in [9.17, 15) is 14.7 Å². The van der Waals surface area contributed by atoms with Crippen molar-refractivity contribution in [3.05, 3.63) is 99.5 Å². The average molecular weight is 536 g/mol. The van der Waals surface area contributed by atoms with Gasteiger partial charge in [-0.1, -0.05) is 71.4 Å². The lowest BCUT2D eigenvalue weighted by molar-refractivity contribution is -0.139. The van der Waals surface area contributed by atoms with E-state index in [1.165, 1.54) is 4.90 Å². The first-order chi connectivity index (χ1) is 16.9. The van der Waals surface area contributed by atoms with Crippen molar-refractivity contribution in [2.45, 2.75) is 26.0 Å². The third-order valence-corrected chi connectivity index (χ3v) is 6.39. The number of Topliss-reactive ketones (excluding diaryl/α,β-unsaturated/α-hetero) is 1. The summed E-state index contributed by atoms with van der Waals surface area (Å²) in [6.45, 7) is 2.68. The van der Waals surface area contributed by atoms with Crippen LogP contribution in [0.3, 0.4) is 0 Å². The molecule has 0 aromatic heterocycles. The maximum Gasteiger partial charge on any atom is 0.295 e. The van der Waals surface area contributed by atoms with Gasteiger partial charge in [-0.15, -0.1) is 0 Å². The molecule has 0 radical (unpaired) electrons. The maximum atomic E-state index is 13.1. The molecule has 0 aliphatic carbocycles. The molecule has 1 heterocycles. The summed E-state index contributed by atoms with van der Waals surface area (Å²) in [5.41, 5.74) is 2.19. The Morgan fingerprint density at radius 3 is 2.37 bits per heavy atom. The Balaban J connectivity index is 1.74. The van der Waals surface area contributed by atoms with Crippen molar-refractivity contribution < 1.29 is 24.2 Å². The average Bonchev–Trinajstić information content (AvgIpc) is 3.13. The first kappa shape index (κ1) is 24.5. The zero-order valence-corrected chi connectivity index (χ0v) is 21.1. The Morgan fingerprint density at radius 2 is 1.71 bits per heavy atom. The number of nitrogens with zero attached hydrogens (tertiary/aromatic N) is 1. The van der Waals surface area contributed by atoms with E-state index in [-0.39, 0.29) is 11.3 Å². The third kappa shape index (κ3) is 5.10. The monoisotopic (exact) mass is 535 g/mol. The molecule has 35 heavy (non-hydrogen) atoms. The number of halogens is 1. The summed E-state index contributed by atoms with van der Waals surface area (Å²) < 4.78 is 12.4. The molecule has 1 amide bonds. The van der Waals surface area contributed by atoms with Crippen molar-refractivity contribution in [1.82, 2.24) is 4.90 Å². The topological polar surface area (TPSA) is 76.1 Å². The molecule has 0 saturated carbocycles. The number of rotatable bonds is 8. The van der Waals surface area contributed by atoms with Crippen molar-refractivity contribution in [3.8, 4) is 11.5 Å². The van der Waals surface area contributed by atoms with Crippen molar-refractivity contribution >= 4 is 33.4 Å². The Hall–Kier alpha value is -3.58. The van der Waals surface area contributed by atoms with Crippen molar-refractivity contribution in [2.24, 2.45) is 0 Å². The molecule has 6 nitrogen and oxygen atoms in total. The highest BCUT2D eigenvalue weighted by molar-refractivity contribution is 9.10. The molecule has 180 valence electrons. The molecule has 1 aliphatic rings. The van der Waals surface area contributed by atoms with E-state index in [1.807, 2.05) is 37.3 Å². The first-order valence-corrected chi connectivity index (χ1v) is 12.1. The van der Waals surface area contributed by atoms with Gasteiger partial charge in [-0.3, -0.25) is 9.59 Å². The molecule has 1 atom stereocenters. The second-order valence-electron chi connectivity index (χ2n) is 8.18. The number of amides is 1. The smallest absolute Gasteiger partial charge is 0.295 e. The fourth-order valence-electron chi connectivity index (χ4n) is 4.17. The van der Waals surface area contributed by atoms with Gasteiger partial charge in [0.2, 0.25) is 0 Å². The number of carbonyl (C=O) groups is 2. The number of methoxy groups -OCH3 is 1. The van der Waals surface area contributed by atoms with Gasteiger partial charge in [-0.2, -0.15) is 0 Å². The fraction of sp³-hybridized carbons (Fsp3) is 0.214. The second kappa shape index (κ2) is 10.8. The molecule has 3 aromatic carbocycles. The van der Waals surface area contributed by atoms with Crippen LogP contribution in [0.4, 0.5) is 0 Å². The van der Waals surface area contributed by atoms with Crippen LogP contribution in [-0.2, 0) is 16.2 Å². The van der Waals surface area contributed by atoms with Gasteiger partial charge >= 0.3 is 0 Å². The summed E-state index contributed by atoms with van der Waals surface area (Å²) in [5, 5.41) is 11.1. The van der Waals surface area contributed by atoms with E-state index in [0.29, 0.717) is 42.2 Å². The quantitative estimate of drug-likeness (QED) is 0.222. The Morgan fingerprint density at radius 1 is 1.00 bits per heavy atom. The lowest BCUT2D eigenvalue weighted by atomic mass is 9.95. The molecule has 7 heteroatoms. The number of likely N-dealkylation sites (tertiary alicyclic amines) is 1. The maximum absolute atomic E-state index is 13.1. The van der Waals surface area contributed by atoms with Crippen LogP contribution in [0, 0.1) is 0 Å². The summed E-state index contributed by atoms with van der Waals surface area (Å²) in [5.74, 6) is -0.515. The minimum atomic E-state index is -0.740. The molecule has 1 N–H and O–H groups in total. The zero-order chi connectivity index (χ0) is 24.9. The van der Waals surface area contributed by atoms with Crippen LogP contribution in [0.5, 0.6) is 11.5 Å². The summed E-state index contributed by atoms with van der Waals surface area (Å²) >= 11 is 3.38. The number of benzene rings is 3. The van der Waals surface area contributed by atoms with Crippen LogP contribution in [0.15, 0.2) is 82.8 Å². The molecule has 1 unspecified atom stereocenters. The lowest BCUT2D eigenvalue weighted by Gasteiger charge is -2.25. The van der Waals surface area contributed by atoms with Gasteiger partial charge < -0.3 is 19.5 Å². The molecule has 1 saturated heterocycles. The molecule has 1 fully saturated rings. The molecule has 1 aliphatic heterocycles. The summed E-state index contributed by atoms with van der Waals surface area (Å²) in [7, 11) is 1.54. The predicted octanol–water partition coefficient (Wildman–Crippen LogP) is 5.87. The largest absolute Gasteiger partial charge is 0.507 e. The van der Waals surface area contributed by atoms with E-state index < -0.39 is 17.7 Å². The van der Waals surface area contributed by atoms with E-state index in [0.717, 1.165) is 10.0 Å². The van der Waals surface area contributed by atoms with Crippen molar-refractivity contribution in [2.75, 3.05) is 13.7 Å². The van der Waals surface area contributed by atoms with E-state index in [4.69, 9.17) is 9.47 Å². The van der Waals surface area contributed by atoms with Crippen LogP contribution < -0.4 is 9.47 Å². The SMILES string of the molecule is CCCN1C(=O)C(=O)/C(=C(\O)c2ccc(Br)cc2)C1c1ccc(OCc2ccccc2)c(OC)c1. The number of aliphatic hydroxyl groups excluding tert-OH is 1. The molecule has 3 aromatic rings. The Bertz CT molecular complexity index is 1250. The molecule has 4 rings (SSSR count). The van der Waals surface area contributed by atoms with E-state index in [2.05, 4.69) is 15.9 Å².